The van der Waals surface area contributed by atoms with Gasteiger partial charge < -0.3 is 15.0 Å². The van der Waals surface area contributed by atoms with Crippen molar-refractivity contribution in [3.8, 4) is 0 Å². The van der Waals surface area contributed by atoms with Crippen LogP contribution in [-0.2, 0) is 9.53 Å². The van der Waals surface area contributed by atoms with E-state index in [-0.39, 0.29) is 23.4 Å². The summed E-state index contributed by atoms with van der Waals surface area (Å²) in [5.41, 5.74) is 0.128. The van der Waals surface area contributed by atoms with Gasteiger partial charge in [0.1, 0.15) is 0 Å². The number of nitrogens with zero attached hydrogens (tertiary/aromatic N) is 1. The highest BCUT2D eigenvalue weighted by atomic mass is 19.2. The molecular formula is C19H28F2N2O2. The summed E-state index contributed by atoms with van der Waals surface area (Å²) in [6, 6.07) is 3.91. The summed E-state index contributed by atoms with van der Waals surface area (Å²) in [5, 5.41) is 3.35. The standard InChI is InChI=1S/C19H28F2N2O2/c1-19(2,3)22-16-9-8-13(12-23(18(16)24)10-11-25-4)14-6-5-7-15(20)17(14)21/h5-7,13,16,22H,8-12H2,1-4H3/t13-,16-/m1/s1. The van der Waals surface area contributed by atoms with Crippen LogP contribution in [0.15, 0.2) is 18.2 Å². The molecule has 0 bridgehead atoms. The fourth-order valence-electron chi connectivity index (χ4n) is 3.31. The quantitative estimate of drug-likeness (QED) is 0.884. The van der Waals surface area contributed by atoms with Crippen LogP contribution in [0, 0.1) is 11.6 Å². The SMILES string of the molecule is COCCN1C[C@H](c2cccc(F)c2F)CC[C@@H](NC(C)(C)C)C1=O. The molecule has 1 aromatic carbocycles. The molecule has 1 aromatic rings. The van der Waals surface area contributed by atoms with Crippen LogP contribution in [0.2, 0.25) is 0 Å². The van der Waals surface area contributed by atoms with Crippen molar-refractivity contribution < 1.29 is 18.3 Å². The molecule has 1 amide bonds. The van der Waals surface area contributed by atoms with Gasteiger partial charge >= 0.3 is 0 Å². The van der Waals surface area contributed by atoms with Crippen LogP contribution in [0.1, 0.15) is 45.1 Å². The van der Waals surface area contributed by atoms with E-state index in [1.165, 1.54) is 6.07 Å². The molecule has 0 radical (unpaired) electrons. The van der Waals surface area contributed by atoms with E-state index in [0.717, 1.165) is 6.07 Å². The lowest BCUT2D eigenvalue weighted by atomic mass is 9.92. The van der Waals surface area contributed by atoms with Gasteiger partial charge in [-0.25, -0.2) is 8.78 Å². The first-order valence-corrected chi connectivity index (χ1v) is 8.72. The molecule has 2 atom stereocenters. The minimum absolute atomic E-state index is 0.00807. The number of amides is 1. The van der Waals surface area contributed by atoms with Crippen molar-refractivity contribution in [1.82, 2.24) is 10.2 Å². The van der Waals surface area contributed by atoms with Crippen LogP contribution >= 0.6 is 0 Å². The molecule has 1 N–H and O–H groups in total. The van der Waals surface area contributed by atoms with Crippen molar-refractivity contribution in [1.29, 1.82) is 0 Å². The molecular weight excluding hydrogens is 326 g/mol. The first kappa shape index (κ1) is 19.8. The zero-order valence-corrected chi connectivity index (χ0v) is 15.4. The first-order chi connectivity index (χ1) is 11.7. The highest BCUT2D eigenvalue weighted by Gasteiger charge is 2.34. The van der Waals surface area contributed by atoms with Gasteiger partial charge in [-0.15, -0.1) is 0 Å². The maximum Gasteiger partial charge on any atom is 0.239 e. The van der Waals surface area contributed by atoms with Gasteiger partial charge in [-0.1, -0.05) is 12.1 Å². The van der Waals surface area contributed by atoms with Gasteiger partial charge in [0.2, 0.25) is 5.91 Å². The summed E-state index contributed by atoms with van der Waals surface area (Å²) in [6.45, 7) is 7.24. The summed E-state index contributed by atoms with van der Waals surface area (Å²) in [4.78, 5) is 14.6. The Morgan fingerprint density at radius 2 is 2.00 bits per heavy atom. The number of carbonyl (C=O) groups is 1. The summed E-state index contributed by atoms with van der Waals surface area (Å²) in [7, 11) is 1.58. The van der Waals surface area contributed by atoms with Gasteiger partial charge in [0.15, 0.2) is 11.6 Å². The second kappa shape index (κ2) is 8.23. The molecule has 0 aromatic heterocycles. The number of halogens is 2. The van der Waals surface area contributed by atoms with Crippen molar-refractivity contribution in [3.05, 3.63) is 35.4 Å². The van der Waals surface area contributed by atoms with Crippen molar-refractivity contribution in [3.63, 3.8) is 0 Å². The number of rotatable bonds is 5. The van der Waals surface area contributed by atoms with Crippen molar-refractivity contribution in [2.45, 2.75) is 51.1 Å². The van der Waals surface area contributed by atoms with Gasteiger partial charge in [-0.05, 0) is 45.2 Å². The van der Waals surface area contributed by atoms with Crippen molar-refractivity contribution in [2.75, 3.05) is 26.8 Å². The zero-order chi connectivity index (χ0) is 18.6. The molecule has 0 spiro atoms. The molecule has 0 aliphatic carbocycles. The monoisotopic (exact) mass is 354 g/mol. The third-order valence-corrected chi connectivity index (χ3v) is 4.45. The second-order valence-electron chi connectivity index (χ2n) is 7.64. The van der Waals surface area contributed by atoms with E-state index in [0.29, 0.717) is 38.1 Å². The lowest BCUT2D eigenvalue weighted by Crippen LogP contribution is -2.52. The number of hydrogen-bond donors (Lipinski definition) is 1. The van der Waals surface area contributed by atoms with E-state index >= 15 is 0 Å². The van der Waals surface area contributed by atoms with Crippen LogP contribution in [0.25, 0.3) is 0 Å². The van der Waals surface area contributed by atoms with E-state index in [9.17, 15) is 13.6 Å². The van der Waals surface area contributed by atoms with E-state index in [1.54, 1.807) is 18.1 Å². The fraction of sp³-hybridized carbons (Fsp3) is 0.632. The number of ether oxygens (including phenoxy) is 1. The number of hydrogen-bond acceptors (Lipinski definition) is 3. The topological polar surface area (TPSA) is 41.6 Å². The Kier molecular flexibility index (Phi) is 6.52. The van der Waals surface area contributed by atoms with Crippen molar-refractivity contribution in [2.24, 2.45) is 0 Å². The Labute approximate surface area is 148 Å². The number of methoxy groups -OCH3 is 1. The highest BCUT2D eigenvalue weighted by Crippen LogP contribution is 2.30. The van der Waals surface area contributed by atoms with E-state index in [2.05, 4.69) is 5.32 Å². The Balaban J connectivity index is 2.27. The molecule has 1 saturated heterocycles. The molecule has 0 unspecified atom stereocenters. The third kappa shape index (κ3) is 5.22. The number of likely N-dealkylation sites (tertiary alicyclic amines) is 1. The lowest BCUT2D eigenvalue weighted by Gasteiger charge is -2.30. The Morgan fingerprint density at radius 1 is 1.28 bits per heavy atom. The van der Waals surface area contributed by atoms with Crippen LogP contribution in [0.5, 0.6) is 0 Å². The molecule has 4 nitrogen and oxygen atoms in total. The third-order valence-electron chi connectivity index (χ3n) is 4.45. The Morgan fingerprint density at radius 3 is 2.64 bits per heavy atom. The molecule has 0 saturated carbocycles. The maximum atomic E-state index is 14.2. The average Bonchev–Trinajstić information content (AvgIpc) is 2.67. The van der Waals surface area contributed by atoms with Crippen molar-refractivity contribution >= 4 is 5.91 Å². The summed E-state index contributed by atoms with van der Waals surface area (Å²) < 4.78 is 33.0. The first-order valence-electron chi connectivity index (χ1n) is 8.72. The number of nitrogens with one attached hydrogen (secondary N) is 1. The zero-order valence-electron chi connectivity index (χ0n) is 15.4. The fourth-order valence-corrected chi connectivity index (χ4v) is 3.31. The summed E-state index contributed by atoms with van der Waals surface area (Å²) in [5.74, 6) is -1.90. The lowest BCUT2D eigenvalue weighted by molar-refractivity contribution is -0.134. The predicted octanol–water partition coefficient (Wildman–Crippen LogP) is 3.07. The Hall–Kier alpha value is -1.53. The maximum absolute atomic E-state index is 14.2. The predicted molar refractivity (Wildman–Crippen MR) is 93.5 cm³/mol. The molecule has 6 heteroatoms. The van der Waals surface area contributed by atoms with Crippen LogP contribution < -0.4 is 5.32 Å². The minimum Gasteiger partial charge on any atom is -0.383 e. The van der Waals surface area contributed by atoms with E-state index in [1.807, 2.05) is 20.8 Å². The van der Waals surface area contributed by atoms with Gasteiger partial charge in [0.25, 0.3) is 0 Å². The van der Waals surface area contributed by atoms with Gasteiger partial charge in [0.05, 0.1) is 12.6 Å². The van der Waals surface area contributed by atoms with Crippen LogP contribution in [0.3, 0.4) is 0 Å². The normalized spacial score (nSPS) is 22.2. The largest absolute Gasteiger partial charge is 0.383 e. The average molecular weight is 354 g/mol. The molecule has 2 rings (SSSR count). The summed E-state index contributed by atoms with van der Waals surface area (Å²) >= 11 is 0. The van der Waals surface area contributed by atoms with Gasteiger partial charge in [-0.2, -0.15) is 0 Å². The van der Waals surface area contributed by atoms with E-state index in [4.69, 9.17) is 4.74 Å². The molecule has 1 heterocycles. The molecule has 1 aliphatic heterocycles. The molecule has 25 heavy (non-hydrogen) atoms. The smallest absolute Gasteiger partial charge is 0.239 e. The number of carbonyl (C=O) groups excluding carboxylic acids is 1. The summed E-state index contributed by atoms with van der Waals surface area (Å²) in [6.07, 6.45) is 1.20. The molecule has 1 fully saturated rings. The Bertz CT molecular complexity index is 602. The number of benzene rings is 1. The highest BCUT2D eigenvalue weighted by molar-refractivity contribution is 5.82. The van der Waals surface area contributed by atoms with E-state index < -0.39 is 11.6 Å². The molecule has 1 aliphatic rings. The van der Waals surface area contributed by atoms with Crippen LogP contribution in [-0.4, -0.2) is 49.2 Å². The molecule has 140 valence electrons. The second-order valence-corrected chi connectivity index (χ2v) is 7.64. The van der Waals surface area contributed by atoms with Gasteiger partial charge in [-0.3, -0.25) is 4.79 Å². The van der Waals surface area contributed by atoms with Gasteiger partial charge in [0, 0.05) is 31.7 Å². The van der Waals surface area contributed by atoms with Crippen LogP contribution in [0.4, 0.5) is 8.78 Å². The minimum atomic E-state index is -0.846.